The molecule has 110 valence electrons. The molecule has 4 heteroatoms. The lowest BCUT2D eigenvalue weighted by atomic mass is 10.0. The number of benzene rings is 1. The summed E-state index contributed by atoms with van der Waals surface area (Å²) < 4.78 is 5.59. The highest BCUT2D eigenvalue weighted by atomic mass is 16.5. The highest BCUT2D eigenvalue weighted by molar-refractivity contribution is 5.40. The van der Waals surface area contributed by atoms with Crippen molar-refractivity contribution in [1.29, 1.82) is 0 Å². The van der Waals surface area contributed by atoms with Crippen molar-refractivity contribution in [2.75, 3.05) is 39.8 Å². The molecule has 0 aliphatic carbocycles. The molecule has 0 radical (unpaired) electrons. The van der Waals surface area contributed by atoms with Crippen LogP contribution in [0.5, 0.6) is 5.75 Å². The number of nitrogens with one attached hydrogen (secondary N) is 1. The molecule has 1 aromatic carbocycles. The van der Waals surface area contributed by atoms with Crippen molar-refractivity contribution in [2.45, 2.75) is 25.8 Å². The number of likely N-dealkylation sites (N-methyl/N-ethyl adjacent to an activating group) is 1. The van der Waals surface area contributed by atoms with Crippen LogP contribution in [-0.2, 0) is 6.42 Å². The lowest BCUT2D eigenvalue weighted by Gasteiger charge is -2.35. The Labute approximate surface area is 121 Å². The SMILES string of the molecule is CCC(NN1CCN(C)CC1)c1ccc2c(c1)CCO2. The summed E-state index contributed by atoms with van der Waals surface area (Å²) in [5.41, 5.74) is 6.45. The Hall–Kier alpha value is -1.10. The zero-order valence-electron chi connectivity index (χ0n) is 12.6. The Morgan fingerprint density at radius 3 is 2.80 bits per heavy atom. The van der Waals surface area contributed by atoms with Crippen molar-refractivity contribution >= 4 is 0 Å². The van der Waals surface area contributed by atoms with Crippen LogP contribution in [-0.4, -0.2) is 49.7 Å². The van der Waals surface area contributed by atoms with E-state index in [1.54, 1.807) is 0 Å². The van der Waals surface area contributed by atoms with Crippen molar-refractivity contribution in [3.8, 4) is 5.75 Å². The molecule has 0 amide bonds. The molecule has 0 spiro atoms. The standard InChI is InChI=1S/C16H25N3O/c1-3-15(17-19-9-7-18(2)8-10-19)13-4-5-16-14(12-13)6-11-20-16/h4-5,12,15,17H,3,6-11H2,1-2H3. The Morgan fingerprint density at radius 1 is 1.25 bits per heavy atom. The first kappa shape index (κ1) is 13.9. The van der Waals surface area contributed by atoms with Crippen LogP contribution in [0, 0.1) is 0 Å². The third-order valence-electron chi connectivity index (χ3n) is 4.37. The van der Waals surface area contributed by atoms with E-state index >= 15 is 0 Å². The first-order valence-corrected chi connectivity index (χ1v) is 7.71. The highest BCUT2D eigenvalue weighted by Gasteiger charge is 2.20. The third kappa shape index (κ3) is 2.97. The van der Waals surface area contributed by atoms with E-state index in [2.05, 4.69) is 47.5 Å². The predicted octanol–water partition coefficient (Wildman–Crippen LogP) is 1.82. The molecule has 1 fully saturated rings. The number of ether oxygens (including phenoxy) is 1. The van der Waals surface area contributed by atoms with E-state index in [0.717, 1.165) is 51.4 Å². The van der Waals surface area contributed by atoms with Crippen molar-refractivity contribution in [3.63, 3.8) is 0 Å². The average molecular weight is 275 g/mol. The summed E-state index contributed by atoms with van der Waals surface area (Å²) >= 11 is 0. The van der Waals surface area contributed by atoms with Gasteiger partial charge in [0.05, 0.1) is 6.61 Å². The Morgan fingerprint density at radius 2 is 2.05 bits per heavy atom. The van der Waals surface area contributed by atoms with Crippen LogP contribution in [0.1, 0.15) is 30.5 Å². The van der Waals surface area contributed by atoms with Crippen LogP contribution >= 0.6 is 0 Å². The molecule has 1 N–H and O–H groups in total. The number of fused-ring (bicyclic) bond motifs is 1. The Balaban J connectivity index is 1.67. The zero-order chi connectivity index (χ0) is 13.9. The molecule has 0 bridgehead atoms. The van der Waals surface area contributed by atoms with Gasteiger partial charge in [0.1, 0.15) is 5.75 Å². The molecule has 2 heterocycles. The first-order valence-electron chi connectivity index (χ1n) is 7.71. The monoisotopic (exact) mass is 275 g/mol. The summed E-state index contributed by atoms with van der Waals surface area (Å²) in [5, 5.41) is 2.37. The fourth-order valence-electron chi connectivity index (χ4n) is 2.98. The molecule has 1 unspecified atom stereocenters. The van der Waals surface area contributed by atoms with Crippen LogP contribution in [0.2, 0.25) is 0 Å². The minimum absolute atomic E-state index is 0.407. The van der Waals surface area contributed by atoms with E-state index in [4.69, 9.17) is 4.74 Å². The summed E-state index contributed by atoms with van der Waals surface area (Å²) in [5.74, 6) is 1.07. The summed E-state index contributed by atoms with van der Waals surface area (Å²) in [6, 6.07) is 7.07. The van der Waals surface area contributed by atoms with Gasteiger partial charge in [-0.3, -0.25) is 0 Å². The van der Waals surface area contributed by atoms with Gasteiger partial charge in [-0.15, -0.1) is 0 Å². The van der Waals surface area contributed by atoms with Gasteiger partial charge >= 0.3 is 0 Å². The average Bonchev–Trinajstić information content (AvgIpc) is 2.94. The van der Waals surface area contributed by atoms with Crippen molar-refractivity contribution in [1.82, 2.24) is 15.3 Å². The van der Waals surface area contributed by atoms with Crippen molar-refractivity contribution in [2.24, 2.45) is 0 Å². The number of hydrogen-bond donors (Lipinski definition) is 1. The molecule has 2 aliphatic rings. The maximum absolute atomic E-state index is 5.59. The number of hydrazine groups is 1. The van der Waals surface area contributed by atoms with Gasteiger partial charge in [0.2, 0.25) is 0 Å². The number of rotatable bonds is 4. The predicted molar refractivity (Wildman–Crippen MR) is 80.9 cm³/mol. The zero-order valence-corrected chi connectivity index (χ0v) is 12.6. The van der Waals surface area contributed by atoms with Crippen LogP contribution in [0.3, 0.4) is 0 Å². The molecular formula is C16H25N3O. The van der Waals surface area contributed by atoms with Gasteiger partial charge in [-0.2, -0.15) is 0 Å². The second-order valence-electron chi connectivity index (χ2n) is 5.85. The van der Waals surface area contributed by atoms with E-state index in [9.17, 15) is 0 Å². The fourth-order valence-corrected chi connectivity index (χ4v) is 2.98. The first-order chi connectivity index (χ1) is 9.76. The normalized spacial score (nSPS) is 21.5. The summed E-state index contributed by atoms with van der Waals surface area (Å²) in [6.07, 6.45) is 2.15. The summed E-state index contributed by atoms with van der Waals surface area (Å²) in [6.45, 7) is 7.56. The van der Waals surface area contributed by atoms with Crippen molar-refractivity contribution < 1.29 is 4.74 Å². The number of piperazine rings is 1. The largest absolute Gasteiger partial charge is 0.493 e. The van der Waals surface area contributed by atoms with E-state index in [-0.39, 0.29) is 0 Å². The van der Waals surface area contributed by atoms with E-state index < -0.39 is 0 Å². The Kier molecular flexibility index (Phi) is 4.24. The van der Waals surface area contributed by atoms with Gasteiger partial charge in [0, 0.05) is 38.6 Å². The van der Waals surface area contributed by atoms with Gasteiger partial charge in [0.25, 0.3) is 0 Å². The van der Waals surface area contributed by atoms with Gasteiger partial charge in [-0.25, -0.2) is 10.4 Å². The van der Waals surface area contributed by atoms with Crippen molar-refractivity contribution in [3.05, 3.63) is 29.3 Å². The van der Waals surface area contributed by atoms with Gasteiger partial charge < -0.3 is 9.64 Å². The van der Waals surface area contributed by atoms with Crippen LogP contribution in [0.15, 0.2) is 18.2 Å². The topological polar surface area (TPSA) is 27.7 Å². The molecule has 1 atom stereocenters. The van der Waals surface area contributed by atoms with Gasteiger partial charge in [-0.1, -0.05) is 19.1 Å². The molecular weight excluding hydrogens is 250 g/mol. The highest BCUT2D eigenvalue weighted by Crippen LogP contribution is 2.29. The molecule has 20 heavy (non-hydrogen) atoms. The molecule has 1 aromatic rings. The minimum atomic E-state index is 0.407. The number of hydrogen-bond acceptors (Lipinski definition) is 4. The Bertz CT molecular complexity index is 455. The number of nitrogens with zero attached hydrogens (tertiary/aromatic N) is 2. The van der Waals surface area contributed by atoms with Gasteiger partial charge in [-0.05, 0) is 30.7 Å². The smallest absolute Gasteiger partial charge is 0.122 e. The summed E-state index contributed by atoms with van der Waals surface area (Å²) in [4.78, 5) is 2.38. The van der Waals surface area contributed by atoms with E-state index in [1.807, 2.05) is 0 Å². The quantitative estimate of drug-likeness (QED) is 0.907. The maximum atomic E-state index is 5.59. The van der Waals surface area contributed by atoms with Crippen LogP contribution in [0.4, 0.5) is 0 Å². The second-order valence-corrected chi connectivity index (χ2v) is 5.85. The lowest BCUT2D eigenvalue weighted by molar-refractivity contribution is 0.0857. The second kappa shape index (κ2) is 6.12. The minimum Gasteiger partial charge on any atom is -0.493 e. The molecule has 2 aliphatic heterocycles. The molecule has 3 rings (SSSR count). The van der Waals surface area contributed by atoms with Crippen LogP contribution < -0.4 is 10.2 Å². The fraction of sp³-hybridized carbons (Fsp3) is 0.625. The summed E-state index contributed by atoms with van der Waals surface area (Å²) in [7, 11) is 2.19. The molecule has 1 saturated heterocycles. The maximum Gasteiger partial charge on any atom is 0.122 e. The molecule has 4 nitrogen and oxygen atoms in total. The van der Waals surface area contributed by atoms with E-state index in [1.165, 1.54) is 11.1 Å². The molecule has 0 aromatic heterocycles. The lowest BCUT2D eigenvalue weighted by Crippen LogP contribution is -2.51. The molecule has 0 saturated carbocycles. The van der Waals surface area contributed by atoms with Gasteiger partial charge in [0.15, 0.2) is 0 Å². The third-order valence-corrected chi connectivity index (χ3v) is 4.37. The van der Waals surface area contributed by atoms with Crippen LogP contribution in [0.25, 0.3) is 0 Å². The van der Waals surface area contributed by atoms with E-state index in [0.29, 0.717) is 6.04 Å².